The van der Waals surface area contributed by atoms with Crippen molar-refractivity contribution in [3.8, 4) is 11.8 Å². The standard InChI is InChI=1S/C15H12FNO3S/c1-20-15-7-2-11(8-12(15)9-17)10-21(18,19)14-5-3-13(16)4-6-14/h2-8H,10H2,1H3. The Bertz CT molecular complexity index is 793. The highest BCUT2D eigenvalue weighted by Gasteiger charge is 2.16. The van der Waals surface area contributed by atoms with E-state index in [4.69, 9.17) is 10.00 Å². The van der Waals surface area contributed by atoms with Crippen molar-refractivity contribution in [3.63, 3.8) is 0 Å². The highest BCUT2D eigenvalue weighted by molar-refractivity contribution is 7.90. The Morgan fingerprint density at radius 2 is 1.86 bits per heavy atom. The molecule has 0 heterocycles. The van der Waals surface area contributed by atoms with Crippen molar-refractivity contribution < 1.29 is 17.5 Å². The maximum absolute atomic E-state index is 12.8. The van der Waals surface area contributed by atoms with Crippen molar-refractivity contribution in [1.29, 1.82) is 5.26 Å². The van der Waals surface area contributed by atoms with Gasteiger partial charge in [-0.25, -0.2) is 12.8 Å². The number of benzene rings is 2. The van der Waals surface area contributed by atoms with Crippen molar-refractivity contribution in [3.05, 3.63) is 59.4 Å². The average Bonchev–Trinajstić information content (AvgIpc) is 2.47. The van der Waals surface area contributed by atoms with Crippen molar-refractivity contribution in [1.82, 2.24) is 0 Å². The molecular formula is C15H12FNO3S. The summed E-state index contributed by atoms with van der Waals surface area (Å²) in [7, 11) is -2.16. The van der Waals surface area contributed by atoms with Crippen LogP contribution in [0.15, 0.2) is 47.4 Å². The number of hydrogen-bond acceptors (Lipinski definition) is 4. The van der Waals surface area contributed by atoms with Crippen LogP contribution in [0.1, 0.15) is 11.1 Å². The van der Waals surface area contributed by atoms with Gasteiger partial charge >= 0.3 is 0 Å². The molecule has 0 atom stereocenters. The Morgan fingerprint density at radius 1 is 1.19 bits per heavy atom. The summed E-state index contributed by atoms with van der Waals surface area (Å²) in [5, 5.41) is 9.00. The first-order valence-electron chi connectivity index (χ1n) is 6.01. The number of hydrogen-bond donors (Lipinski definition) is 0. The molecule has 4 nitrogen and oxygen atoms in total. The Hall–Kier alpha value is -2.39. The lowest BCUT2D eigenvalue weighted by Gasteiger charge is -2.07. The fourth-order valence-electron chi connectivity index (χ4n) is 1.88. The molecule has 0 N–H and O–H groups in total. The molecule has 2 rings (SSSR count). The van der Waals surface area contributed by atoms with Crippen molar-refractivity contribution >= 4 is 9.84 Å². The molecule has 0 amide bonds. The lowest BCUT2D eigenvalue weighted by Crippen LogP contribution is -2.05. The summed E-state index contributed by atoms with van der Waals surface area (Å²) in [5.41, 5.74) is 0.737. The second kappa shape index (κ2) is 5.94. The number of nitriles is 1. The first kappa shape index (κ1) is 15.0. The zero-order valence-electron chi connectivity index (χ0n) is 11.2. The molecule has 6 heteroatoms. The van der Waals surface area contributed by atoms with Gasteiger partial charge in [-0.15, -0.1) is 0 Å². The van der Waals surface area contributed by atoms with Crippen LogP contribution in [-0.4, -0.2) is 15.5 Å². The van der Waals surface area contributed by atoms with E-state index in [1.165, 1.54) is 25.3 Å². The second-order valence-electron chi connectivity index (χ2n) is 4.36. The number of nitrogens with zero attached hydrogens (tertiary/aromatic N) is 1. The molecule has 0 saturated carbocycles. The maximum Gasteiger partial charge on any atom is 0.182 e. The minimum atomic E-state index is -3.59. The molecular weight excluding hydrogens is 293 g/mol. The fourth-order valence-corrected chi connectivity index (χ4v) is 3.21. The van der Waals surface area contributed by atoms with Gasteiger partial charge in [0.2, 0.25) is 0 Å². The van der Waals surface area contributed by atoms with Crippen molar-refractivity contribution in [2.45, 2.75) is 10.6 Å². The summed E-state index contributed by atoms with van der Waals surface area (Å²) in [4.78, 5) is 0.0400. The van der Waals surface area contributed by atoms with E-state index in [2.05, 4.69) is 0 Å². The van der Waals surface area contributed by atoms with Gasteiger partial charge in [-0.1, -0.05) is 6.07 Å². The molecule has 0 aromatic heterocycles. The number of sulfone groups is 1. The second-order valence-corrected chi connectivity index (χ2v) is 6.35. The number of methoxy groups -OCH3 is 1. The van der Waals surface area contributed by atoms with Crippen LogP contribution in [0.25, 0.3) is 0 Å². The van der Waals surface area contributed by atoms with Gasteiger partial charge in [-0.2, -0.15) is 5.26 Å². The van der Waals surface area contributed by atoms with E-state index in [0.29, 0.717) is 11.3 Å². The predicted octanol–water partition coefficient (Wildman–Crippen LogP) is 2.68. The third kappa shape index (κ3) is 3.38. The SMILES string of the molecule is COc1ccc(CS(=O)(=O)c2ccc(F)cc2)cc1C#N. The molecule has 0 aliphatic carbocycles. The first-order valence-corrected chi connectivity index (χ1v) is 7.67. The summed E-state index contributed by atoms with van der Waals surface area (Å²) in [6.07, 6.45) is 0. The average molecular weight is 305 g/mol. The van der Waals surface area contributed by atoms with Crippen LogP contribution in [0.5, 0.6) is 5.75 Å². The van der Waals surface area contributed by atoms with Crippen LogP contribution >= 0.6 is 0 Å². The third-order valence-electron chi connectivity index (χ3n) is 2.91. The van der Waals surface area contributed by atoms with Crippen molar-refractivity contribution in [2.24, 2.45) is 0 Å². The van der Waals surface area contributed by atoms with Gasteiger partial charge in [0.25, 0.3) is 0 Å². The Kier molecular flexibility index (Phi) is 4.24. The van der Waals surface area contributed by atoms with Crippen LogP contribution in [0.2, 0.25) is 0 Å². The monoisotopic (exact) mass is 305 g/mol. The van der Waals surface area contributed by atoms with Crippen LogP contribution in [0.4, 0.5) is 4.39 Å². The maximum atomic E-state index is 12.8. The van der Waals surface area contributed by atoms with E-state index in [1.54, 1.807) is 12.1 Å². The van der Waals surface area contributed by atoms with Crippen molar-refractivity contribution in [2.75, 3.05) is 7.11 Å². The molecule has 0 aliphatic heterocycles. The molecule has 0 aliphatic rings. The lowest BCUT2D eigenvalue weighted by atomic mass is 10.1. The summed E-state index contributed by atoms with van der Waals surface area (Å²) < 4.78 is 42.3. The highest BCUT2D eigenvalue weighted by Crippen LogP contribution is 2.22. The Morgan fingerprint density at radius 3 is 2.43 bits per heavy atom. The minimum Gasteiger partial charge on any atom is -0.495 e. The van der Waals surface area contributed by atoms with E-state index in [9.17, 15) is 12.8 Å². The summed E-state index contributed by atoms with van der Waals surface area (Å²) >= 11 is 0. The van der Waals surface area contributed by atoms with E-state index < -0.39 is 15.7 Å². The van der Waals surface area contributed by atoms with Gasteiger partial charge in [0, 0.05) is 0 Å². The molecule has 0 unspecified atom stereocenters. The van der Waals surface area contributed by atoms with Crippen LogP contribution < -0.4 is 4.74 Å². The van der Waals surface area contributed by atoms with Gasteiger partial charge < -0.3 is 4.74 Å². The van der Waals surface area contributed by atoms with Crippen LogP contribution in [0, 0.1) is 17.1 Å². The van der Waals surface area contributed by atoms with Gasteiger partial charge in [-0.3, -0.25) is 0 Å². The summed E-state index contributed by atoms with van der Waals surface area (Å²) in [6.45, 7) is 0. The molecule has 0 saturated heterocycles. The quantitative estimate of drug-likeness (QED) is 0.814. The zero-order chi connectivity index (χ0) is 15.5. The Balaban J connectivity index is 2.33. The topological polar surface area (TPSA) is 67.2 Å². The first-order chi connectivity index (χ1) is 9.96. The largest absolute Gasteiger partial charge is 0.495 e. The van der Waals surface area contributed by atoms with E-state index in [0.717, 1.165) is 12.1 Å². The molecule has 2 aromatic rings. The van der Waals surface area contributed by atoms with Crippen LogP contribution in [0.3, 0.4) is 0 Å². The van der Waals surface area contributed by atoms with Gasteiger partial charge in [0.15, 0.2) is 9.84 Å². The molecule has 0 bridgehead atoms. The molecule has 108 valence electrons. The van der Waals surface area contributed by atoms with Gasteiger partial charge in [-0.05, 0) is 42.0 Å². The third-order valence-corrected chi connectivity index (χ3v) is 4.62. The summed E-state index contributed by atoms with van der Waals surface area (Å²) in [5.74, 6) is -0.372. The van der Waals surface area contributed by atoms with Gasteiger partial charge in [0.05, 0.1) is 23.3 Å². The minimum absolute atomic E-state index is 0.0400. The molecule has 21 heavy (non-hydrogen) atoms. The van der Waals surface area contributed by atoms with E-state index >= 15 is 0 Å². The molecule has 2 aromatic carbocycles. The predicted molar refractivity (Wildman–Crippen MR) is 75.0 cm³/mol. The molecule has 0 spiro atoms. The number of halogens is 1. The van der Waals surface area contributed by atoms with E-state index in [1.807, 2.05) is 6.07 Å². The van der Waals surface area contributed by atoms with E-state index in [-0.39, 0.29) is 16.2 Å². The highest BCUT2D eigenvalue weighted by atomic mass is 32.2. The fraction of sp³-hybridized carbons (Fsp3) is 0.133. The normalized spacial score (nSPS) is 10.9. The lowest BCUT2D eigenvalue weighted by molar-refractivity contribution is 0.413. The Labute approximate surface area is 122 Å². The smallest absolute Gasteiger partial charge is 0.182 e. The summed E-state index contributed by atoms with van der Waals surface area (Å²) in [6, 6.07) is 11.2. The molecule has 0 radical (unpaired) electrons. The molecule has 0 fully saturated rings. The number of ether oxygens (including phenoxy) is 1. The zero-order valence-corrected chi connectivity index (χ0v) is 12.0. The van der Waals surface area contributed by atoms with Gasteiger partial charge in [0.1, 0.15) is 17.6 Å². The number of rotatable bonds is 4. The van der Waals surface area contributed by atoms with Crippen LogP contribution in [-0.2, 0) is 15.6 Å².